The molecule has 0 bridgehead atoms. The van der Waals surface area contributed by atoms with Gasteiger partial charge in [0.2, 0.25) is 5.91 Å². The van der Waals surface area contributed by atoms with Crippen molar-refractivity contribution in [2.24, 2.45) is 0 Å². The zero-order valence-electron chi connectivity index (χ0n) is 19.8. The molecule has 1 amide bonds. The molecule has 4 aromatic rings. The van der Waals surface area contributed by atoms with E-state index in [1.54, 1.807) is 50.2 Å². The maximum Gasteiger partial charge on any atom is 0.337 e. The zero-order valence-corrected chi connectivity index (χ0v) is 19.8. The van der Waals surface area contributed by atoms with Crippen LogP contribution in [-0.4, -0.2) is 27.1 Å². The van der Waals surface area contributed by atoms with E-state index in [0.717, 1.165) is 15.7 Å². The third-order valence-electron chi connectivity index (χ3n) is 5.70. The Bertz CT molecular complexity index is 1550. The first-order chi connectivity index (χ1) is 16.2. The third kappa shape index (κ3) is 4.10. The van der Waals surface area contributed by atoms with Gasteiger partial charge in [0.15, 0.2) is 5.65 Å². The Kier molecular flexibility index (Phi) is 6.06. The van der Waals surface area contributed by atoms with Crippen LogP contribution in [0.15, 0.2) is 58.1 Å². The minimum atomic E-state index is -0.671. The second-order valence-corrected chi connectivity index (χ2v) is 8.33. The summed E-state index contributed by atoms with van der Waals surface area (Å²) >= 11 is 0. The molecule has 8 nitrogen and oxygen atoms in total. The van der Waals surface area contributed by atoms with Gasteiger partial charge in [-0.1, -0.05) is 29.8 Å². The number of anilines is 1. The van der Waals surface area contributed by atoms with Gasteiger partial charge in [0.1, 0.15) is 12.3 Å². The summed E-state index contributed by atoms with van der Waals surface area (Å²) in [5.74, 6) is -0.0356. The first-order valence-corrected chi connectivity index (χ1v) is 10.9. The van der Waals surface area contributed by atoms with Gasteiger partial charge in [0.05, 0.1) is 18.2 Å². The summed E-state index contributed by atoms with van der Waals surface area (Å²) in [7, 11) is 1.50. The van der Waals surface area contributed by atoms with E-state index in [2.05, 4.69) is 10.3 Å². The van der Waals surface area contributed by atoms with Crippen LogP contribution in [0.4, 0.5) is 5.69 Å². The molecule has 0 radical (unpaired) electrons. The van der Waals surface area contributed by atoms with Crippen LogP contribution in [-0.2, 0) is 11.3 Å². The summed E-state index contributed by atoms with van der Waals surface area (Å²) in [4.78, 5) is 44.5. The standard InChI is InChI=1S/C26H26N4O4/c1-15-10-11-19(16(2)12-15)28-22(31)14-29-25(32)23-17(3)13-18(4)27-24(23)30(26(29)33)20-8-6-7-9-21(20)34-5/h6-13H,14H2,1-5H3,(H,28,31). The first-order valence-electron chi connectivity index (χ1n) is 10.9. The number of pyridine rings is 1. The van der Waals surface area contributed by atoms with Crippen molar-refractivity contribution in [3.05, 3.63) is 91.8 Å². The van der Waals surface area contributed by atoms with Crippen LogP contribution in [0.2, 0.25) is 0 Å². The number of hydrogen-bond donors (Lipinski definition) is 1. The van der Waals surface area contributed by atoms with Gasteiger partial charge >= 0.3 is 5.69 Å². The highest BCUT2D eigenvalue weighted by atomic mass is 16.5. The van der Waals surface area contributed by atoms with Crippen LogP contribution in [0.1, 0.15) is 22.4 Å². The summed E-state index contributed by atoms with van der Waals surface area (Å²) < 4.78 is 7.74. The average molecular weight is 459 g/mol. The molecule has 2 aromatic heterocycles. The van der Waals surface area contributed by atoms with Gasteiger partial charge in [0, 0.05) is 11.4 Å². The fourth-order valence-electron chi connectivity index (χ4n) is 4.13. The smallest absolute Gasteiger partial charge is 0.337 e. The van der Waals surface area contributed by atoms with Crippen molar-refractivity contribution in [3.8, 4) is 11.4 Å². The normalized spacial score (nSPS) is 11.0. The summed E-state index contributed by atoms with van der Waals surface area (Å²) in [6, 6.07) is 14.4. The highest BCUT2D eigenvalue weighted by molar-refractivity contribution is 5.91. The number of para-hydroxylation sites is 2. The molecule has 0 aliphatic heterocycles. The highest BCUT2D eigenvalue weighted by Crippen LogP contribution is 2.24. The predicted octanol–water partition coefficient (Wildman–Crippen LogP) is 3.43. The van der Waals surface area contributed by atoms with E-state index in [-0.39, 0.29) is 11.0 Å². The lowest BCUT2D eigenvalue weighted by atomic mass is 10.1. The molecule has 0 saturated carbocycles. The second-order valence-electron chi connectivity index (χ2n) is 8.33. The Balaban J connectivity index is 1.92. The number of rotatable bonds is 5. The molecule has 0 spiro atoms. The number of hydrogen-bond acceptors (Lipinski definition) is 5. The van der Waals surface area contributed by atoms with Gasteiger partial charge in [0.25, 0.3) is 5.56 Å². The Hall–Kier alpha value is -4.20. The summed E-state index contributed by atoms with van der Waals surface area (Å²) in [5, 5.41) is 3.08. The molecule has 8 heteroatoms. The number of methoxy groups -OCH3 is 1. The average Bonchev–Trinajstić information content (AvgIpc) is 2.78. The van der Waals surface area contributed by atoms with E-state index in [0.29, 0.717) is 28.4 Å². The van der Waals surface area contributed by atoms with Crippen LogP contribution in [0.25, 0.3) is 16.7 Å². The Morgan fingerprint density at radius 3 is 2.44 bits per heavy atom. The summed E-state index contributed by atoms with van der Waals surface area (Å²) in [5.41, 5.74) is 3.34. The fraction of sp³-hybridized carbons (Fsp3) is 0.231. The molecule has 0 unspecified atom stereocenters. The largest absolute Gasteiger partial charge is 0.495 e. The van der Waals surface area contributed by atoms with Crippen LogP contribution < -0.4 is 21.3 Å². The van der Waals surface area contributed by atoms with Crippen molar-refractivity contribution in [1.82, 2.24) is 14.1 Å². The first kappa shape index (κ1) is 23.0. The number of nitrogens with zero attached hydrogens (tertiary/aromatic N) is 3. The molecule has 2 heterocycles. The molecule has 2 aromatic carbocycles. The number of fused-ring (bicyclic) bond motifs is 1. The molecule has 0 saturated heterocycles. The van der Waals surface area contributed by atoms with Crippen molar-refractivity contribution < 1.29 is 9.53 Å². The maximum absolute atomic E-state index is 13.6. The van der Waals surface area contributed by atoms with E-state index in [9.17, 15) is 14.4 Å². The minimum absolute atomic E-state index is 0.225. The molecule has 0 fully saturated rings. The van der Waals surface area contributed by atoms with E-state index >= 15 is 0 Å². The molecule has 0 aliphatic carbocycles. The number of aryl methyl sites for hydroxylation is 4. The lowest BCUT2D eigenvalue weighted by Gasteiger charge is -2.17. The number of carbonyl (C=O) groups excluding carboxylic acids is 1. The highest BCUT2D eigenvalue weighted by Gasteiger charge is 2.21. The number of aromatic nitrogens is 3. The lowest BCUT2D eigenvalue weighted by molar-refractivity contribution is -0.116. The molecule has 34 heavy (non-hydrogen) atoms. The quantitative estimate of drug-likeness (QED) is 0.494. The van der Waals surface area contributed by atoms with Gasteiger partial charge in [-0.15, -0.1) is 0 Å². The van der Waals surface area contributed by atoms with Crippen molar-refractivity contribution in [2.75, 3.05) is 12.4 Å². The number of nitrogens with one attached hydrogen (secondary N) is 1. The topological polar surface area (TPSA) is 95.2 Å². The lowest BCUT2D eigenvalue weighted by Crippen LogP contribution is -2.42. The SMILES string of the molecule is COc1ccccc1-n1c(=O)n(CC(=O)Nc2ccc(C)cc2C)c(=O)c2c(C)cc(C)nc21. The fourth-order valence-corrected chi connectivity index (χ4v) is 4.13. The Labute approximate surface area is 196 Å². The van der Waals surface area contributed by atoms with Crippen LogP contribution >= 0.6 is 0 Å². The van der Waals surface area contributed by atoms with Gasteiger partial charge in [-0.25, -0.2) is 18.9 Å². The number of carbonyl (C=O) groups is 1. The Morgan fingerprint density at radius 1 is 1.00 bits per heavy atom. The van der Waals surface area contributed by atoms with E-state index in [4.69, 9.17) is 4.74 Å². The van der Waals surface area contributed by atoms with Gasteiger partial charge in [-0.2, -0.15) is 0 Å². The number of benzene rings is 2. The van der Waals surface area contributed by atoms with Crippen LogP contribution in [0.3, 0.4) is 0 Å². The summed E-state index contributed by atoms with van der Waals surface area (Å²) in [6.07, 6.45) is 0. The van der Waals surface area contributed by atoms with Crippen LogP contribution in [0, 0.1) is 27.7 Å². The minimum Gasteiger partial charge on any atom is -0.495 e. The van der Waals surface area contributed by atoms with E-state index in [1.807, 2.05) is 26.0 Å². The monoisotopic (exact) mass is 458 g/mol. The van der Waals surface area contributed by atoms with Crippen molar-refractivity contribution >= 4 is 22.6 Å². The van der Waals surface area contributed by atoms with Crippen molar-refractivity contribution in [3.63, 3.8) is 0 Å². The summed E-state index contributed by atoms with van der Waals surface area (Å²) in [6.45, 7) is 6.99. The predicted molar refractivity (Wildman–Crippen MR) is 132 cm³/mol. The Morgan fingerprint density at radius 2 is 1.74 bits per heavy atom. The number of amides is 1. The maximum atomic E-state index is 13.6. The van der Waals surface area contributed by atoms with Crippen molar-refractivity contribution in [1.29, 1.82) is 0 Å². The van der Waals surface area contributed by atoms with E-state index in [1.165, 1.54) is 11.7 Å². The molecule has 174 valence electrons. The third-order valence-corrected chi connectivity index (χ3v) is 5.70. The number of ether oxygens (including phenoxy) is 1. The molecule has 0 aliphatic rings. The molecule has 4 rings (SSSR count). The van der Waals surface area contributed by atoms with Gasteiger partial charge < -0.3 is 10.1 Å². The molecule has 0 atom stereocenters. The van der Waals surface area contributed by atoms with E-state index < -0.39 is 23.7 Å². The molecular formula is C26H26N4O4. The van der Waals surface area contributed by atoms with Gasteiger partial charge in [-0.3, -0.25) is 9.59 Å². The van der Waals surface area contributed by atoms with Crippen molar-refractivity contribution in [2.45, 2.75) is 34.2 Å². The zero-order chi connectivity index (χ0) is 24.6. The van der Waals surface area contributed by atoms with Crippen LogP contribution in [0.5, 0.6) is 5.75 Å². The van der Waals surface area contributed by atoms with Gasteiger partial charge in [-0.05, 0) is 63.1 Å². The molecule has 1 N–H and O–H groups in total. The molecular weight excluding hydrogens is 432 g/mol. The second kappa shape index (κ2) is 8.97.